The van der Waals surface area contributed by atoms with E-state index in [1.807, 2.05) is 49.5 Å². The van der Waals surface area contributed by atoms with Crippen LogP contribution >= 0.6 is 24.0 Å². The van der Waals surface area contributed by atoms with Crippen molar-refractivity contribution < 1.29 is 4.74 Å². The van der Waals surface area contributed by atoms with Crippen LogP contribution in [0.3, 0.4) is 0 Å². The maximum absolute atomic E-state index is 5.45. The molecule has 0 aliphatic carbocycles. The summed E-state index contributed by atoms with van der Waals surface area (Å²) in [4.78, 5) is 14.8. The van der Waals surface area contributed by atoms with Crippen LogP contribution < -0.4 is 10.1 Å². The molecule has 3 rings (SSSR count). The second-order valence-electron chi connectivity index (χ2n) is 6.35. The van der Waals surface area contributed by atoms with Gasteiger partial charge in [-0.1, -0.05) is 30.3 Å². The number of fused-ring (bicyclic) bond motifs is 1. The van der Waals surface area contributed by atoms with Crippen molar-refractivity contribution in [3.05, 3.63) is 59.9 Å². The van der Waals surface area contributed by atoms with Gasteiger partial charge in [0.15, 0.2) is 5.96 Å². The number of aliphatic imine (C=N–C) groups is 1. The van der Waals surface area contributed by atoms with Crippen LogP contribution in [0.1, 0.15) is 18.3 Å². The van der Waals surface area contributed by atoms with E-state index in [0.29, 0.717) is 6.54 Å². The number of para-hydroxylation sites is 3. The fourth-order valence-electron chi connectivity index (χ4n) is 3.03. The predicted molar refractivity (Wildman–Crippen MR) is 126 cm³/mol. The van der Waals surface area contributed by atoms with Gasteiger partial charge in [0.2, 0.25) is 0 Å². The van der Waals surface area contributed by atoms with Crippen LogP contribution in [0.25, 0.3) is 11.0 Å². The Bertz CT molecular complexity index is 875. The first-order valence-corrected chi connectivity index (χ1v) is 9.26. The van der Waals surface area contributed by atoms with E-state index in [0.717, 1.165) is 53.6 Å². The van der Waals surface area contributed by atoms with Crippen molar-refractivity contribution in [2.24, 2.45) is 4.99 Å². The number of nitrogens with one attached hydrogen (secondary N) is 2. The lowest BCUT2D eigenvalue weighted by Gasteiger charge is -2.23. The Labute approximate surface area is 183 Å². The van der Waals surface area contributed by atoms with E-state index in [9.17, 15) is 0 Å². The van der Waals surface area contributed by atoms with Crippen LogP contribution in [0.15, 0.2) is 53.5 Å². The zero-order valence-corrected chi connectivity index (χ0v) is 18.9. The third-order valence-corrected chi connectivity index (χ3v) is 4.35. The summed E-state index contributed by atoms with van der Waals surface area (Å²) in [5.41, 5.74) is 3.19. The van der Waals surface area contributed by atoms with Gasteiger partial charge in [-0.05, 0) is 25.1 Å². The minimum atomic E-state index is 0. The minimum absolute atomic E-state index is 0. The molecule has 2 N–H and O–H groups in total. The number of H-pyrrole nitrogens is 1. The highest BCUT2D eigenvalue weighted by molar-refractivity contribution is 14.0. The molecule has 6 nitrogen and oxygen atoms in total. The van der Waals surface area contributed by atoms with E-state index in [-0.39, 0.29) is 24.0 Å². The molecule has 0 unspecified atom stereocenters. The first-order valence-electron chi connectivity index (χ1n) is 9.26. The Balaban J connectivity index is 0.00000280. The molecule has 0 aliphatic rings. The lowest BCUT2D eigenvalue weighted by Crippen LogP contribution is -2.38. The van der Waals surface area contributed by atoms with Gasteiger partial charge >= 0.3 is 0 Å². The normalized spacial score (nSPS) is 11.2. The monoisotopic (exact) mass is 493 g/mol. The Kier molecular flexibility index (Phi) is 8.56. The van der Waals surface area contributed by atoms with Gasteiger partial charge in [0, 0.05) is 38.7 Å². The molecule has 0 fully saturated rings. The number of nitrogens with zero attached hydrogens (tertiary/aromatic N) is 3. The molecule has 150 valence electrons. The van der Waals surface area contributed by atoms with Gasteiger partial charge in [-0.15, -0.1) is 24.0 Å². The molecule has 7 heteroatoms. The minimum Gasteiger partial charge on any atom is -0.496 e. The first kappa shape index (κ1) is 22.0. The van der Waals surface area contributed by atoms with Crippen molar-refractivity contribution in [2.45, 2.75) is 19.9 Å². The number of hydrogen-bond donors (Lipinski definition) is 2. The fraction of sp³-hybridized carbons (Fsp3) is 0.333. The Hall–Kier alpha value is -2.29. The second kappa shape index (κ2) is 10.9. The number of aromatic nitrogens is 2. The molecule has 0 bridgehead atoms. The lowest BCUT2D eigenvalue weighted by molar-refractivity contribution is 0.396. The standard InChI is InChI=1S/C21H27N5O.HI/c1-4-22-21(26(2)15-16-9-5-8-12-19(16)27-3)23-14-13-20-24-17-10-6-7-11-18(17)25-20;/h5-12H,4,13-15H2,1-3H3,(H,22,23)(H,24,25);1H. The molecule has 0 aliphatic heterocycles. The number of guanidine groups is 1. The van der Waals surface area contributed by atoms with Crippen LogP contribution in [-0.4, -0.2) is 48.1 Å². The third-order valence-electron chi connectivity index (χ3n) is 4.35. The van der Waals surface area contributed by atoms with E-state index in [4.69, 9.17) is 9.73 Å². The Morgan fingerprint density at radius 2 is 1.93 bits per heavy atom. The summed E-state index contributed by atoms with van der Waals surface area (Å²) in [5, 5.41) is 3.36. The number of benzene rings is 2. The summed E-state index contributed by atoms with van der Waals surface area (Å²) in [5.74, 6) is 2.73. The topological polar surface area (TPSA) is 65.5 Å². The summed E-state index contributed by atoms with van der Waals surface area (Å²) >= 11 is 0. The van der Waals surface area contributed by atoms with E-state index >= 15 is 0 Å². The van der Waals surface area contributed by atoms with Crippen LogP contribution in [0, 0.1) is 0 Å². The highest BCUT2D eigenvalue weighted by Gasteiger charge is 2.10. The zero-order chi connectivity index (χ0) is 19.1. The summed E-state index contributed by atoms with van der Waals surface area (Å²) < 4.78 is 5.45. The lowest BCUT2D eigenvalue weighted by atomic mass is 10.2. The molecular weight excluding hydrogens is 465 g/mol. The Morgan fingerprint density at radius 1 is 1.18 bits per heavy atom. The van der Waals surface area contributed by atoms with E-state index in [2.05, 4.69) is 33.2 Å². The highest BCUT2D eigenvalue weighted by Crippen LogP contribution is 2.18. The predicted octanol–water partition coefficient (Wildman–Crippen LogP) is 3.83. The number of imidazole rings is 1. The van der Waals surface area contributed by atoms with Gasteiger partial charge in [-0.3, -0.25) is 4.99 Å². The number of hydrogen-bond acceptors (Lipinski definition) is 3. The molecule has 0 saturated heterocycles. The molecule has 0 amide bonds. The average Bonchev–Trinajstić information content (AvgIpc) is 3.10. The van der Waals surface area contributed by atoms with Crippen LogP contribution in [0.2, 0.25) is 0 Å². The summed E-state index contributed by atoms with van der Waals surface area (Å²) in [6.07, 6.45) is 0.770. The number of halogens is 1. The van der Waals surface area contributed by atoms with Crippen molar-refractivity contribution >= 4 is 41.0 Å². The molecule has 2 aromatic carbocycles. The van der Waals surface area contributed by atoms with E-state index in [1.165, 1.54) is 0 Å². The van der Waals surface area contributed by atoms with Crippen LogP contribution in [-0.2, 0) is 13.0 Å². The quantitative estimate of drug-likeness (QED) is 0.299. The number of aromatic amines is 1. The molecule has 0 atom stereocenters. The Morgan fingerprint density at radius 3 is 2.68 bits per heavy atom. The third kappa shape index (κ3) is 5.60. The van der Waals surface area contributed by atoms with Gasteiger partial charge in [0.1, 0.15) is 11.6 Å². The molecule has 0 spiro atoms. The highest BCUT2D eigenvalue weighted by atomic mass is 127. The maximum atomic E-state index is 5.45. The molecule has 3 aromatic rings. The second-order valence-corrected chi connectivity index (χ2v) is 6.35. The van der Waals surface area contributed by atoms with Crippen molar-refractivity contribution in [3.63, 3.8) is 0 Å². The number of methoxy groups -OCH3 is 1. The van der Waals surface area contributed by atoms with Gasteiger partial charge in [-0.25, -0.2) is 4.98 Å². The molecule has 0 radical (unpaired) electrons. The number of rotatable bonds is 7. The molecule has 28 heavy (non-hydrogen) atoms. The van der Waals surface area contributed by atoms with Crippen molar-refractivity contribution in [3.8, 4) is 5.75 Å². The maximum Gasteiger partial charge on any atom is 0.193 e. The van der Waals surface area contributed by atoms with Gasteiger partial charge in [-0.2, -0.15) is 0 Å². The van der Waals surface area contributed by atoms with Crippen molar-refractivity contribution in [2.75, 3.05) is 27.2 Å². The van der Waals surface area contributed by atoms with Crippen LogP contribution in [0.5, 0.6) is 5.75 Å². The summed E-state index contributed by atoms with van der Waals surface area (Å²) in [6.45, 7) is 4.28. The van der Waals surface area contributed by atoms with E-state index < -0.39 is 0 Å². The molecule has 1 heterocycles. The van der Waals surface area contributed by atoms with Crippen molar-refractivity contribution in [1.82, 2.24) is 20.2 Å². The number of ether oxygens (including phenoxy) is 1. The fourth-order valence-corrected chi connectivity index (χ4v) is 3.03. The summed E-state index contributed by atoms with van der Waals surface area (Å²) in [7, 11) is 3.74. The molecular formula is C21H28IN5O. The first-order chi connectivity index (χ1) is 13.2. The molecule has 0 saturated carbocycles. The largest absolute Gasteiger partial charge is 0.496 e. The van der Waals surface area contributed by atoms with Crippen LogP contribution in [0.4, 0.5) is 0 Å². The molecule has 1 aromatic heterocycles. The van der Waals surface area contributed by atoms with Gasteiger partial charge in [0.25, 0.3) is 0 Å². The van der Waals surface area contributed by atoms with Crippen molar-refractivity contribution in [1.29, 1.82) is 0 Å². The SMILES string of the molecule is CCNC(=NCCc1nc2ccccc2[nH]1)N(C)Cc1ccccc1OC.I. The average molecular weight is 493 g/mol. The van der Waals surface area contributed by atoms with Gasteiger partial charge in [0.05, 0.1) is 18.1 Å². The summed E-state index contributed by atoms with van der Waals surface area (Å²) in [6, 6.07) is 16.1. The zero-order valence-electron chi connectivity index (χ0n) is 16.6. The van der Waals surface area contributed by atoms with Gasteiger partial charge < -0.3 is 19.9 Å². The smallest absolute Gasteiger partial charge is 0.193 e. The van der Waals surface area contributed by atoms with E-state index in [1.54, 1.807) is 7.11 Å².